The molecule has 0 saturated carbocycles. The van der Waals surface area contributed by atoms with E-state index in [9.17, 15) is 12.8 Å². The topological polar surface area (TPSA) is 72.2 Å². The fourth-order valence-corrected chi connectivity index (χ4v) is 3.42. The Kier molecular flexibility index (Phi) is 4.51. The Morgan fingerprint density at radius 1 is 1.29 bits per heavy atom. The number of hydrogen-bond acceptors (Lipinski definition) is 3. The molecule has 0 heterocycles. The molecule has 2 rings (SSSR count). The predicted molar refractivity (Wildman–Crippen MR) is 81.3 cm³/mol. The van der Waals surface area contributed by atoms with Crippen molar-refractivity contribution >= 4 is 27.3 Å². The standard InChI is InChI=1S/C14H14ClFN2O2S/c1-9-12(15)3-2-4-13(9)18-21(19,20)14-7-11(16)6-5-10(14)8-17/h2-7,18H,8,17H2,1H3. The van der Waals surface area contributed by atoms with Crippen molar-refractivity contribution in [3.8, 4) is 0 Å². The average Bonchev–Trinajstić information content (AvgIpc) is 2.44. The number of benzene rings is 2. The van der Waals surface area contributed by atoms with E-state index in [4.69, 9.17) is 17.3 Å². The molecule has 2 aromatic rings. The molecule has 112 valence electrons. The molecule has 0 bridgehead atoms. The van der Waals surface area contributed by atoms with E-state index in [1.54, 1.807) is 25.1 Å². The fraction of sp³-hybridized carbons (Fsp3) is 0.143. The second-order valence-corrected chi connectivity index (χ2v) is 6.53. The molecule has 0 aliphatic heterocycles. The van der Waals surface area contributed by atoms with Crippen molar-refractivity contribution < 1.29 is 12.8 Å². The van der Waals surface area contributed by atoms with Gasteiger partial charge in [0, 0.05) is 11.6 Å². The van der Waals surface area contributed by atoms with Gasteiger partial charge in [-0.1, -0.05) is 23.7 Å². The Balaban J connectivity index is 2.48. The first-order valence-corrected chi connectivity index (χ1v) is 7.97. The molecule has 3 N–H and O–H groups in total. The Labute approximate surface area is 127 Å². The Morgan fingerprint density at radius 3 is 2.67 bits per heavy atom. The molecule has 0 atom stereocenters. The quantitative estimate of drug-likeness (QED) is 0.906. The van der Waals surface area contributed by atoms with Gasteiger partial charge in [-0.2, -0.15) is 0 Å². The van der Waals surface area contributed by atoms with Crippen molar-refractivity contribution in [2.75, 3.05) is 4.72 Å². The Hall–Kier alpha value is -1.63. The lowest BCUT2D eigenvalue weighted by atomic mass is 10.2. The van der Waals surface area contributed by atoms with Crippen LogP contribution >= 0.6 is 11.6 Å². The van der Waals surface area contributed by atoms with Gasteiger partial charge in [0.15, 0.2) is 0 Å². The number of halogens is 2. The van der Waals surface area contributed by atoms with Crippen LogP contribution in [0.2, 0.25) is 5.02 Å². The van der Waals surface area contributed by atoms with Gasteiger partial charge in [0.1, 0.15) is 5.82 Å². The molecule has 0 amide bonds. The van der Waals surface area contributed by atoms with Crippen LogP contribution < -0.4 is 10.5 Å². The van der Waals surface area contributed by atoms with Crippen molar-refractivity contribution in [1.82, 2.24) is 0 Å². The normalized spacial score (nSPS) is 11.4. The highest BCUT2D eigenvalue weighted by Crippen LogP contribution is 2.26. The molecule has 0 aliphatic rings. The number of nitrogens with one attached hydrogen (secondary N) is 1. The van der Waals surface area contributed by atoms with Gasteiger partial charge in [0.25, 0.3) is 10.0 Å². The molecule has 0 spiro atoms. The smallest absolute Gasteiger partial charge is 0.262 e. The van der Waals surface area contributed by atoms with Gasteiger partial charge in [-0.05, 0) is 42.3 Å². The summed E-state index contributed by atoms with van der Waals surface area (Å²) < 4.78 is 40.6. The summed E-state index contributed by atoms with van der Waals surface area (Å²) in [5, 5.41) is 0.438. The van der Waals surface area contributed by atoms with Gasteiger partial charge < -0.3 is 5.73 Å². The number of hydrogen-bond donors (Lipinski definition) is 2. The summed E-state index contributed by atoms with van der Waals surface area (Å²) in [5.74, 6) is -0.643. The van der Waals surface area contributed by atoms with Crippen LogP contribution in [0.4, 0.5) is 10.1 Å². The van der Waals surface area contributed by atoms with Crippen LogP contribution in [-0.4, -0.2) is 8.42 Å². The fourth-order valence-electron chi connectivity index (χ4n) is 1.86. The van der Waals surface area contributed by atoms with Crippen LogP contribution in [0.1, 0.15) is 11.1 Å². The maximum Gasteiger partial charge on any atom is 0.262 e. The second-order valence-electron chi connectivity index (χ2n) is 4.47. The minimum Gasteiger partial charge on any atom is -0.326 e. The van der Waals surface area contributed by atoms with Crippen LogP contribution in [0.3, 0.4) is 0 Å². The third-order valence-corrected chi connectivity index (χ3v) is 4.91. The highest BCUT2D eigenvalue weighted by Gasteiger charge is 2.20. The first-order chi connectivity index (χ1) is 9.85. The molecule has 0 radical (unpaired) electrons. The van der Waals surface area contributed by atoms with Gasteiger partial charge in [-0.15, -0.1) is 0 Å². The molecule has 4 nitrogen and oxygen atoms in total. The molecule has 0 saturated heterocycles. The Morgan fingerprint density at radius 2 is 2.00 bits per heavy atom. The van der Waals surface area contributed by atoms with Gasteiger partial charge >= 0.3 is 0 Å². The van der Waals surface area contributed by atoms with Gasteiger partial charge in [0.05, 0.1) is 10.6 Å². The first-order valence-electron chi connectivity index (χ1n) is 6.11. The van der Waals surface area contributed by atoms with E-state index in [1.807, 2.05) is 0 Å². The summed E-state index contributed by atoms with van der Waals surface area (Å²) in [5.41, 5.74) is 6.78. The van der Waals surface area contributed by atoms with Gasteiger partial charge in [-0.25, -0.2) is 12.8 Å². The molecule has 21 heavy (non-hydrogen) atoms. The highest BCUT2D eigenvalue weighted by atomic mass is 35.5. The van der Waals surface area contributed by atoms with E-state index in [1.165, 1.54) is 12.1 Å². The number of rotatable bonds is 4. The highest BCUT2D eigenvalue weighted by molar-refractivity contribution is 7.92. The summed E-state index contributed by atoms with van der Waals surface area (Å²) in [6.07, 6.45) is 0. The van der Waals surface area contributed by atoms with E-state index >= 15 is 0 Å². The second kappa shape index (κ2) is 6.01. The Bertz CT molecular complexity index is 779. The van der Waals surface area contributed by atoms with Gasteiger partial charge in [-0.3, -0.25) is 4.72 Å². The lowest BCUT2D eigenvalue weighted by Crippen LogP contribution is -2.17. The van der Waals surface area contributed by atoms with E-state index < -0.39 is 15.8 Å². The maximum atomic E-state index is 13.3. The van der Waals surface area contributed by atoms with Crippen LogP contribution in [0.5, 0.6) is 0 Å². The molecule has 2 aromatic carbocycles. The molecular formula is C14H14ClFN2O2S. The van der Waals surface area contributed by atoms with E-state index in [0.29, 0.717) is 21.8 Å². The zero-order valence-electron chi connectivity index (χ0n) is 11.2. The van der Waals surface area contributed by atoms with Crippen LogP contribution in [0.25, 0.3) is 0 Å². The minimum absolute atomic E-state index is 0.00888. The predicted octanol–water partition coefficient (Wildman–Crippen LogP) is 3.05. The van der Waals surface area contributed by atoms with Crippen molar-refractivity contribution in [2.45, 2.75) is 18.4 Å². The minimum atomic E-state index is -3.95. The zero-order chi connectivity index (χ0) is 15.6. The molecule has 0 fully saturated rings. The van der Waals surface area contributed by atoms with Crippen molar-refractivity contribution in [3.05, 3.63) is 58.4 Å². The summed E-state index contributed by atoms with van der Waals surface area (Å²) in [7, 11) is -3.95. The third-order valence-electron chi connectivity index (χ3n) is 3.05. The van der Waals surface area contributed by atoms with Crippen LogP contribution in [-0.2, 0) is 16.6 Å². The molecule has 0 aromatic heterocycles. The van der Waals surface area contributed by atoms with Crippen molar-refractivity contribution in [1.29, 1.82) is 0 Å². The lowest BCUT2D eigenvalue weighted by Gasteiger charge is -2.13. The summed E-state index contributed by atoms with van der Waals surface area (Å²) in [6.45, 7) is 1.68. The lowest BCUT2D eigenvalue weighted by molar-refractivity contribution is 0.593. The van der Waals surface area contributed by atoms with E-state index in [2.05, 4.69) is 4.72 Å². The zero-order valence-corrected chi connectivity index (χ0v) is 12.8. The van der Waals surface area contributed by atoms with Gasteiger partial charge in [0.2, 0.25) is 0 Å². The third kappa shape index (κ3) is 3.34. The molecular weight excluding hydrogens is 315 g/mol. The summed E-state index contributed by atoms with van der Waals surface area (Å²) >= 11 is 5.96. The first kappa shape index (κ1) is 15.8. The molecule has 7 heteroatoms. The number of sulfonamides is 1. The maximum absolute atomic E-state index is 13.3. The summed E-state index contributed by atoms with van der Waals surface area (Å²) in [4.78, 5) is -0.177. The largest absolute Gasteiger partial charge is 0.326 e. The summed E-state index contributed by atoms with van der Waals surface area (Å²) in [6, 6.07) is 8.34. The van der Waals surface area contributed by atoms with Crippen molar-refractivity contribution in [2.24, 2.45) is 5.73 Å². The monoisotopic (exact) mass is 328 g/mol. The number of anilines is 1. The van der Waals surface area contributed by atoms with Crippen LogP contribution in [0.15, 0.2) is 41.3 Å². The van der Waals surface area contributed by atoms with E-state index in [-0.39, 0.29) is 11.4 Å². The molecule has 0 aliphatic carbocycles. The SMILES string of the molecule is Cc1c(Cl)cccc1NS(=O)(=O)c1cc(F)ccc1CN. The van der Waals surface area contributed by atoms with Crippen molar-refractivity contribution in [3.63, 3.8) is 0 Å². The number of nitrogens with two attached hydrogens (primary N) is 1. The molecule has 0 unspecified atom stereocenters. The average molecular weight is 329 g/mol. The van der Waals surface area contributed by atoms with Crippen LogP contribution in [0, 0.1) is 12.7 Å². The van der Waals surface area contributed by atoms with E-state index in [0.717, 1.165) is 6.07 Å².